The van der Waals surface area contributed by atoms with E-state index < -0.39 is 0 Å². The van der Waals surface area contributed by atoms with Crippen molar-refractivity contribution in [2.24, 2.45) is 0 Å². The number of amides is 1. The van der Waals surface area contributed by atoms with E-state index in [-0.39, 0.29) is 5.91 Å². The standard InChI is InChI=1S/C16H15N3O/c1-12-6-5-9-19-11-14(18-15(12)19)10-17-16(20)13-7-3-2-4-8-13/h2-9,11H,10H2,1H3,(H,17,20). The normalized spacial score (nSPS) is 10.7. The summed E-state index contributed by atoms with van der Waals surface area (Å²) in [6.45, 7) is 2.45. The second kappa shape index (κ2) is 5.17. The summed E-state index contributed by atoms with van der Waals surface area (Å²) in [6, 6.07) is 13.2. The third kappa shape index (κ3) is 2.40. The number of nitrogens with zero attached hydrogens (tertiary/aromatic N) is 2. The summed E-state index contributed by atoms with van der Waals surface area (Å²) in [6.07, 6.45) is 3.89. The lowest BCUT2D eigenvalue weighted by molar-refractivity contribution is 0.0950. The van der Waals surface area contributed by atoms with Crippen LogP contribution in [0.5, 0.6) is 0 Å². The number of imidazole rings is 1. The molecule has 0 aliphatic carbocycles. The second-order valence-electron chi connectivity index (χ2n) is 4.70. The Morgan fingerprint density at radius 1 is 1.20 bits per heavy atom. The van der Waals surface area contributed by atoms with E-state index in [2.05, 4.69) is 10.3 Å². The zero-order valence-corrected chi connectivity index (χ0v) is 11.2. The minimum Gasteiger partial charge on any atom is -0.346 e. The number of benzene rings is 1. The summed E-state index contributed by atoms with van der Waals surface area (Å²) < 4.78 is 1.97. The van der Waals surface area contributed by atoms with Crippen molar-refractivity contribution in [3.05, 3.63) is 71.7 Å². The zero-order chi connectivity index (χ0) is 13.9. The summed E-state index contributed by atoms with van der Waals surface area (Å²) in [5.41, 5.74) is 3.56. The van der Waals surface area contributed by atoms with Crippen LogP contribution in [0.25, 0.3) is 5.65 Å². The van der Waals surface area contributed by atoms with Gasteiger partial charge in [-0.15, -0.1) is 0 Å². The molecule has 20 heavy (non-hydrogen) atoms. The van der Waals surface area contributed by atoms with Gasteiger partial charge in [0, 0.05) is 18.0 Å². The van der Waals surface area contributed by atoms with Crippen LogP contribution in [0.4, 0.5) is 0 Å². The summed E-state index contributed by atoms with van der Waals surface area (Å²) in [7, 11) is 0. The molecule has 0 bridgehead atoms. The maximum Gasteiger partial charge on any atom is 0.251 e. The van der Waals surface area contributed by atoms with Gasteiger partial charge in [0.1, 0.15) is 5.65 Å². The van der Waals surface area contributed by atoms with Gasteiger partial charge in [0.05, 0.1) is 12.2 Å². The molecular formula is C16H15N3O. The first-order valence-corrected chi connectivity index (χ1v) is 6.50. The van der Waals surface area contributed by atoms with Crippen molar-refractivity contribution >= 4 is 11.6 Å². The Bertz CT molecular complexity index is 747. The average molecular weight is 265 g/mol. The highest BCUT2D eigenvalue weighted by Crippen LogP contribution is 2.10. The van der Waals surface area contributed by atoms with Crippen molar-refractivity contribution in [3.63, 3.8) is 0 Å². The molecule has 2 aromatic heterocycles. The van der Waals surface area contributed by atoms with Crippen LogP contribution in [0.3, 0.4) is 0 Å². The molecule has 0 spiro atoms. The minimum absolute atomic E-state index is 0.0839. The maximum atomic E-state index is 12.0. The molecular weight excluding hydrogens is 250 g/mol. The first kappa shape index (κ1) is 12.4. The number of hydrogen-bond acceptors (Lipinski definition) is 2. The van der Waals surface area contributed by atoms with E-state index in [0.29, 0.717) is 12.1 Å². The van der Waals surface area contributed by atoms with Crippen LogP contribution in [0.2, 0.25) is 0 Å². The Kier molecular flexibility index (Phi) is 3.21. The molecule has 0 saturated heterocycles. The van der Waals surface area contributed by atoms with Gasteiger partial charge in [-0.25, -0.2) is 4.98 Å². The number of carbonyl (C=O) groups excluding carboxylic acids is 1. The van der Waals surface area contributed by atoms with E-state index >= 15 is 0 Å². The van der Waals surface area contributed by atoms with Crippen molar-refractivity contribution in [1.82, 2.24) is 14.7 Å². The lowest BCUT2D eigenvalue weighted by Gasteiger charge is -2.02. The Balaban J connectivity index is 1.74. The molecule has 3 rings (SSSR count). The van der Waals surface area contributed by atoms with Gasteiger partial charge in [-0.3, -0.25) is 4.79 Å². The van der Waals surface area contributed by atoms with Crippen LogP contribution in [0, 0.1) is 6.92 Å². The summed E-state index contributed by atoms with van der Waals surface area (Å²) in [5, 5.41) is 2.88. The van der Waals surface area contributed by atoms with Crippen LogP contribution in [0.15, 0.2) is 54.9 Å². The van der Waals surface area contributed by atoms with E-state index in [1.807, 2.05) is 54.0 Å². The van der Waals surface area contributed by atoms with E-state index in [0.717, 1.165) is 16.9 Å². The number of aromatic nitrogens is 2. The van der Waals surface area contributed by atoms with Crippen molar-refractivity contribution in [1.29, 1.82) is 0 Å². The molecule has 0 saturated carbocycles. The van der Waals surface area contributed by atoms with E-state index in [1.54, 1.807) is 12.1 Å². The molecule has 0 atom stereocenters. The number of carbonyl (C=O) groups is 1. The number of fused-ring (bicyclic) bond motifs is 1. The van der Waals surface area contributed by atoms with Gasteiger partial charge in [0.2, 0.25) is 0 Å². The second-order valence-corrected chi connectivity index (χ2v) is 4.70. The van der Waals surface area contributed by atoms with Gasteiger partial charge in [0.15, 0.2) is 0 Å². The Morgan fingerprint density at radius 3 is 2.75 bits per heavy atom. The molecule has 4 heteroatoms. The summed E-state index contributed by atoms with van der Waals surface area (Å²) >= 11 is 0. The number of nitrogens with one attached hydrogen (secondary N) is 1. The van der Waals surface area contributed by atoms with Crippen LogP contribution >= 0.6 is 0 Å². The number of rotatable bonds is 3. The third-order valence-electron chi connectivity index (χ3n) is 3.19. The fourth-order valence-electron chi connectivity index (χ4n) is 2.15. The van der Waals surface area contributed by atoms with Gasteiger partial charge in [-0.1, -0.05) is 24.3 Å². The largest absolute Gasteiger partial charge is 0.346 e. The number of aryl methyl sites for hydroxylation is 1. The molecule has 0 fully saturated rings. The fraction of sp³-hybridized carbons (Fsp3) is 0.125. The first-order chi connectivity index (χ1) is 9.74. The van der Waals surface area contributed by atoms with Crippen molar-refractivity contribution < 1.29 is 4.79 Å². The predicted molar refractivity (Wildman–Crippen MR) is 77.5 cm³/mol. The van der Waals surface area contributed by atoms with Crippen LogP contribution in [-0.2, 0) is 6.54 Å². The molecule has 0 radical (unpaired) electrons. The topological polar surface area (TPSA) is 46.4 Å². The molecule has 1 N–H and O–H groups in total. The van der Waals surface area contributed by atoms with Crippen molar-refractivity contribution in [3.8, 4) is 0 Å². The Labute approximate surface area is 117 Å². The molecule has 1 aromatic carbocycles. The molecule has 0 unspecified atom stereocenters. The van der Waals surface area contributed by atoms with Gasteiger partial charge in [-0.2, -0.15) is 0 Å². The van der Waals surface area contributed by atoms with Gasteiger partial charge in [0.25, 0.3) is 5.91 Å². The zero-order valence-electron chi connectivity index (χ0n) is 11.2. The first-order valence-electron chi connectivity index (χ1n) is 6.50. The summed E-state index contributed by atoms with van der Waals surface area (Å²) in [5.74, 6) is -0.0839. The molecule has 1 amide bonds. The van der Waals surface area contributed by atoms with E-state index in [1.165, 1.54) is 0 Å². The molecule has 100 valence electrons. The van der Waals surface area contributed by atoms with Gasteiger partial charge < -0.3 is 9.72 Å². The predicted octanol–water partition coefficient (Wildman–Crippen LogP) is 2.57. The third-order valence-corrected chi connectivity index (χ3v) is 3.19. The van der Waals surface area contributed by atoms with Gasteiger partial charge in [-0.05, 0) is 30.7 Å². The molecule has 2 heterocycles. The van der Waals surface area contributed by atoms with Crippen LogP contribution < -0.4 is 5.32 Å². The number of pyridine rings is 1. The Morgan fingerprint density at radius 2 is 2.00 bits per heavy atom. The molecule has 3 aromatic rings. The fourth-order valence-corrected chi connectivity index (χ4v) is 2.15. The van der Waals surface area contributed by atoms with Crippen molar-refractivity contribution in [2.45, 2.75) is 13.5 Å². The lowest BCUT2D eigenvalue weighted by Crippen LogP contribution is -2.22. The maximum absolute atomic E-state index is 12.0. The quantitative estimate of drug-likeness (QED) is 0.791. The molecule has 0 aliphatic rings. The monoisotopic (exact) mass is 265 g/mol. The SMILES string of the molecule is Cc1cccn2cc(CNC(=O)c3ccccc3)nc12. The minimum atomic E-state index is -0.0839. The van der Waals surface area contributed by atoms with Crippen molar-refractivity contribution in [2.75, 3.05) is 0 Å². The van der Waals surface area contributed by atoms with Crippen LogP contribution in [-0.4, -0.2) is 15.3 Å². The lowest BCUT2D eigenvalue weighted by atomic mass is 10.2. The molecule has 0 aliphatic heterocycles. The van der Waals surface area contributed by atoms with E-state index in [4.69, 9.17) is 0 Å². The van der Waals surface area contributed by atoms with E-state index in [9.17, 15) is 4.79 Å². The highest BCUT2D eigenvalue weighted by molar-refractivity contribution is 5.94. The Hall–Kier alpha value is -2.62. The summed E-state index contributed by atoms with van der Waals surface area (Å²) in [4.78, 5) is 16.5. The highest BCUT2D eigenvalue weighted by Gasteiger charge is 2.07. The average Bonchev–Trinajstić information content (AvgIpc) is 2.90. The van der Waals surface area contributed by atoms with Crippen LogP contribution in [0.1, 0.15) is 21.6 Å². The molecule has 4 nitrogen and oxygen atoms in total. The highest BCUT2D eigenvalue weighted by atomic mass is 16.1. The smallest absolute Gasteiger partial charge is 0.251 e. The van der Waals surface area contributed by atoms with Gasteiger partial charge >= 0.3 is 0 Å². The number of hydrogen-bond donors (Lipinski definition) is 1.